The molecule has 0 aromatic carbocycles. The van der Waals surface area contributed by atoms with E-state index in [0.717, 1.165) is 5.92 Å². The molecule has 1 heteroatoms. The molecule has 0 aliphatic carbocycles. The Morgan fingerprint density at radius 2 is 1.60 bits per heavy atom. The van der Waals surface area contributed by atoms with Crippen molar-refractivity contribution in [3.8, 4) is 0 Å². The van der Waals surface area contributed by atoms with Crippen LogP contribution in [0.15, 0.2) is 0 Å². The Morgan fingerprint density at radius 3 is 1.70 bits per heavy atom. The minimum atomic E-state index is 0. The molecule has 0 fully saturated rings. The molecule has 0 nitrogen and oxygen atoms in total. The van der Waals surface area contributed by atoms with E-state index in [1.165, 1.54) is 12.8 Å². The number of unbranched alkanes of at least 4 members (excludes halogenated alkanes) is 1. The summed E-state index contributed by atoms with van der Waals surface area (Å²) in [6.07, 6.45) is 4.84. The summed E-state index contributed by atoms with van der Waals surface area (Å²) in [4.78, 5) is 0. The Kier molecular flexibility index (Phi) is 28.6. The van der Waals surface area contributed by atoms with Crippen LogP contribution in [0.2, 0.25) is 0 Å². The van der Waals surface area contributed by atoms with Gasteiger partial charge in [-0.25, -0.2) is 0 Å². The molecule has 0 rings (SSSR count). The van der Waals surface area contributed by atoms with Gasteiger partial charge in [-0.2, -0.15) is 13.3 Å². The van der Waals surface area contributed by atoms with Crippen LogP contribution in [-0.4, -0.2) is 0 Å². The monoisotopic (exact) mass is 218 g/mol. The first-order chi connectivity index (χ1) is 4.27. The molecule has 10 heavy (non-hydrogen) atoms. The summed E-state index contributed by atoms with van der Waals surface area (Å²) in [6, 6.07) is 0. The first-order valence-electron chi connectivity index (χ1n) is 4.05. The molecule has 0 aromatic heterocycles. The summed E-state index contributed by atoms with van der Waals surface area (Å²) in [5, 5.41) is 0. The maximum Gasteiger partial charge on any atom is 0 e. The van der Waals surface area contributed by atoms with Crippen molar-refractivity contribution in [3.63, 3.8) is 0 Å². The fraction of sp³-hybridized carbons (Fsp3) is 0.889. The third-order valence-electron chi connectivity index (χ3n) is 1.03. The van der Waals surface area contributed by atoms with E-state index >= 15 is 0 Å². The average Bonchev–Trinajstić information content (AvgIpc) is 1.88. The number of rotatable bonds is 3. The van der Waals surface area contributed by atoms with Crippen LogP contribution in [-0.2, 0) is 32.7 Å². The summed E-state index contributed by atoms with van der Waals surface area (Å²) in [5.41, 5.74) is 0. The van der Waals surface area contributed by atoms with Crippen molar-refractivity contribution in [1.82, 2.24) is 0 Å². The van der Waals surface area contributed by atoms with Gasteiger partial charge in [0.1, 0.15) is 0 Å². The van der Waals surface area contributed by atoms with Crippen LogP contribution in [0.25, 0.3) is 0 Å². The Hall–Kier alpha value is 1.10. The minimum Gasteiger partial charge on any atom is -0.332 e. The minimum absolute atomic E-state index is 0. The van der Waals surface area contributed by atoms with Crippen LogP contribution in [0.5, 0.6) is 0 Å². The first-order valence-corrected chi connectivity index (χ1v) is 4.05. The van der Waals surface area contributed by atoms with Crippen molar-refractivity contribution in [1.29, 1.82) is 0 Å². The van der Waals surface area contributed by atoms with E-state index in [4.69, 9.17) is 0 Å². The van der Waals surface area contributed by atoms with E-state index in [1.807, 2.05) is 13.8 Å². The van der Waals surface area contributed by atoms with Crippen molar-refractivity contribution in [2.24, 2.45) is 5.92 Å². The first kappa shape index (κ1) is 17.3. The van der Waals surface area contributed by atoms with Crippen molar-refractivity contribution >= 4 is 0 Å². The van der Waals surface area contributed by atoms with Crippen LogP contribution in [0.4, 0.5) is 0 Å². The van der Waals surface area contributed by atoms with E-state index in [0.29, 0.717) is 0 Å². The van der Waals surface area contributed by atoms with E-state index in [-0.39, 0.29) is 32.7 Å². The molecule has 0 saturated heterocycles. The maximum atomic E-state index is 2.25. The zero-order chi connectivity index (χ0) is 7.70. The predicted octanol–water partition coefficient (Wildman–Crippen LogP) is 3.67. The normalized spacial score (nSPS) is 7.80. The van der Waals surface area contributed by atoms with E-state index < -0.39 is 0 Å². The fourth-order valence-electron chi connectivity index (χ4n) is 0.500. The van der Waals surface area contributed by atoms with Crippen molar-refractivity contribution < 1.29 is 32.7 Å². The summed E-state index contributed by atoms with van der Waals surface area (Å²) in [7, 11) is 0. The number of hydrogen-bond acceptors (Lipinski definition) is 0. The fourth-order valence-corrected chi connectivity index (χ4v) is 0.500. The molecule has 0 saturated carbocycles. The molecule has 0 bridgehead atoms. The smallest absolute Gasteiger partial charge is 0 e. The molecular formula is C9H21Y-. The van der Waals surface area contributed by atoms with Gasteiger partial charge in [-0.15, -0.1) is 0 Å². The van der Waals surface area contributed by atoms with Crippen molar-refractivity contribution in [3.05, 3.63) is 6.42 Å². The molecule has 1 radical (unpaired) electrons. The van der Waals surface area contributed by atoms with E-state index in [2.05, 4.69) is 27.2 Å². The predicted molar refractivity (Wildman–Crippen MR) is 45.4 cm³/mol. The van der Waals surface area contributed by atoms with Gasteiger partial charge in [0.15, 0.2) is 0 Å². The van der Waals surface area contributed by atoms with Gasteiger partial charge >= 0.3 is 0 Å². The second kappa shape index (κ2) is 16.6. The zero-order valence-electron chi connectivity index (χ0n) is 8.15. The molecule has 0 atom stereocenters. The molecule has 61 valence electrons. The molecule has 0 N–H and O–H groups in total. The Morgan fingerprint density at radius 1 is 1.20 bits per heavy atom. The van der Waals surface area contributed by atoms with Gasteiger partial charge < -0.3 is 6.42 Å². The topological polar surface area (TPSA) is 0 Å². The number of hydrogen-bond donors (Lipinski definition) is 0. The van der Waals surface area contributed by atoms with Crippen molar-refractivity contribution in [2.45, 2.75) is 47.5 Å². The van der Waals surface area contributed by atoms with Gasteiger partial charge in [0.25, 0.3) is 0 Å². The summed E-state index contributed by atoms with van der Waals surface area (Å²) >= 11 is 0. The molecule has 0 aliphatic heterocycles. The molecule has 0 heterocycles. The van der Waals surface area contributed by atoms with Crippen molar-refractivity contribution in [2.75, 3.05) is 0 Å². The van der Waals surface area contributed by atoms with Crippen LogP contribution >= 0.6 is 0 Å². The second-order valence-corrected chi connectivity index (χ2v) is 2.38. The standard InChI is InChI=1S/C7H15.C2H6.Y/c1-4-5-6-7(2)3;1-2;/h4,7H,5-6H2,1-3H3;1-2H3;/q-1;;. The molecule has 0 unspecified atom stereocenters. The molecule has 0 spiro atoms. The Bertz CT molecular complexity index is 33.7. The molecule has 0 amide bonds. The van der Waals surface area contributed by atoms with Gasteiger partial charge in [0.05, 0.1) is 0 Å². The second-order valence-electron chi connectivity index (χ2n) is 2.38. The summed E-state index contributed by atoms with van der Waals surface area (Å²) < 4.78 is 0. The van der Waals surface area contributed by atoms with Gasteiger partial charge in [-0.05, 0) is 5.92 Å². The third kappa shape index (κ3) is 23.0. The summed E-state index contributed by atoms with van der Waals surface area (Å²) in [5.74, 6) is 0.871. The van der Waals surface area contributed by atoms with Crippen LogP contribution in [0.3, 0.4) is 0 Å². The SMILES string of the molecule is CC.C[CH-]CCC(C)C.[Y]. The van der Waals surface area contributed by atoms with Gasteiger partial charge in [0.2, 0.25) is 0 Å². The van der Waals surface area contributed by atoms with Crippen LogP contribution in [0, 0.1) is 12.3 Å². The Balaban J connectivity index is -0.000000149. The molecule has 0 aromatic rings. The quantitative estimate of drug-likeness (QED) is 0.634. The van der Waals surface area contributed by atoms with E-state index in [1.54, 1.807) is 0 Å². The zero-order valence-corrected chi connectivity index (χ0v) is 11.0. The third-order valence-corrected chi connectivity index (χ3v) is 1.03. The van der Waals surface area contributed by atoms with Gasteiger partial charge in [0, 0.05) is 32.7 Å². The largest absolute Gasteiger partial charge is 0.332 e. The molecular weight excluding hydrogens is 197 g/mol. The Labute approximate surface area is 92.0 Å². The van der Waals surface area contributed by atoms with Gasteiger partial charge in [-0.1, -0.05) is 34.1 Å². The van der Waals surface area contributed by atoms with Gasteiger partial charge in [-0.3, -0.25) is 0 Å². The maximum absolute atomic E-state index is 2.25. The summed E-state index contributed by atoms with van der Waals surface area (Å²) in [6.45, 7) is 10.6. The van der Waals surface area contributed by atoms with Crippen LogP contribution in [0.1, 0.15) is 47.5 Å². The van der Waals surface area contributed by atoms with E-state index in [9.17, 15) is 0 Å². The van der Waals surface area contributed by atoms with Crippen LogP contribution < -0.4 is 0 Å². The average molecular weight is 218 g/mol. The molecule has 0 aliphatic rings.